The molecule has 1 N–H and O–H groups in total. The molecule has 0 saturated carbocycles. The first-order valence-electron chi connectivity index (χ1n) is 10.9. The zero-order chi connectivity index (χ0) is 22.9. The second-order valence-electron chi connectivity index (χ2n) is 8.64. The van der Waals surface area contributed by atoms with Crippen molar-refractivity contribution in [3.05, 3.63) is 65.2 Å². The molecule has 0 radical (unpaired) electrons. The zero-order valence-electron chi connectivity index (χ0n) is 18.4. The summed E-state index contributed by atoms with van der Waals surface area (Å²) in [5.74, 6) is -0.358. The Hall–Kier alpha value is -3.48. The summed E-state index contributed by atoms with van der Waals surface area (Å²) >= 11 is 0. The van der Waals surface area contributed by atoms with Gasteiger partial charge in [-0.1, -0.05) is 30.3 Å². The van der Waals surface area contributed by atoms with E-state index in [1.54, 1.807) is 36.1 Å². The summed E-state index contributed by atoms with van der Waals surface area (Å²) in [6, 6.07) is 14.4. The lowest BCUT2D eigenvalue weighted by atomic mass is 9.82. The van der Waals surface area contributed by atoms with E-state index in [1.165, 1.54) is 6.92 Å². The molecule has 7 heteroatoms. The number of amides is 3. The van der Waals surface area contributed by atoms with Gasteiger partial charge >= 0.3 is 0 Å². The minimum atomic E-state index is -0.676. The van der Waals surface area contributed by atoms with Crippen molar-refractivity contribution in [2.24, 2.45) is 0 Å². The summed E-state index contributed by atoms with van der Waals surface area (Å²) in [6.07, 6.45) is 1.20. The van der Waals surface area contributed by atoms with Crippen LogP contribution < -0.4 is 5.32 Å². The standard InChI is InChI=1S/C25H27N3O4/c1-17(29)19-7-5-8-21(14-19)26-23(31)15-25(10-12-27(13-11-25)18(2)30)28-16-20-6-3-4-9-22(20)24(28)32/h3-9,14H,10-13,15-16H2,1-2H3,(H,26,31). The Morgan fingerprint density at radius 1 is 1.00 bits per heavy atom. The van der Waals surface area contributed by atoms with E-state index in [9.17, 15) is 19.2 Å². The molecule has 0 aromatic heterocycles. The first-order chi connectivity index (χ1) is 15.3. The first-order valence-corrected chi connectivity index (χ1v) is 10.9. The number of hydrogen-bond acceptors (Lipinski definition) is 4. The van der Waals surface area contributed by atoms with Crippen LogP contribution in [-0.4, -0.2) is 51.9 Å². The molecular formula is C25H27N3O4. The third-order valence-corrected chi connectivity index (χ3v) is 6.58. The highest BCUT2D eigenvalue weighted by Crippen LogP contribution is 2.38. The van der Waals surface area contributed by atoms with Crippen LogP contribution in [0.15, 0.2) is 48.5 Å². The van der Waals surface area contributed by atoms with Crippen LogP contribution in [0.3, 0.4) is 0 Å². The fourth-order valence-electron chi connectivity index (χ4n) is 4.74. The van der Waals surface area contributed by atoms with Gasteiger partial charge in [0.25, 0.3) is 5.91 Å². The Labute approximate surface area is 187 Å². The number of anilines is 1. The number of rotatable bonds is 5. The van der Waals surface area contributed by atoms with Gasteiger partial charge in [0.2, 0.25) is 11.8 Å². The highest BCUT2D eigenvalue weighted by Gasteiger charge is 2.47. The summed E-state index contributed by atoms with van der Waals surface area (Å²) in [4.78, 5) is 53.5. The summed E-state index contributed by atoms with van der Waals surface area (Å²) in [6.45, 7) is 4.49. The SMILES string of the molecule is CC(=O)c1cccc(NC(=O)CC2(N3Cc4ccccc4C3=O)CCN(C(C)=O)CC2)c1. The molecule has 32 heavy (non-hydrogen) atoms. The predicted molar refractivity (Wildman–Crippen MR) is 120 cm³/mol. The number of ketones is 1. The molecule has 0 bridgehead atoms. The summed E-state index contributed by atoms with van der Waals surface area (Å²) < 4.78 is 0. The largest absolute Gasteiger partial charge is 0.343 e. The molecule has 0 aliphatic carbocycles. The fourth-order valence-corrected chi connectivity index (χ4v) is 4.74. The van der Waals surface area contributed by atoms with Gasteiger partial charge in [-0.2, -0.15) is 0 Å². The van der Waals surface area contributed by atoms with Crippen molar-refractivity contribution >= 4 is 29.2 Å². The van der Waals surface area contributed by atoms with Crippen LogP contribution in [0, 0.1) is 0 Å². The minimum Gasteiger partial charge on any atom is -0.343 e. The number of carbonyl (C=O) groups is 4. The molecular weight excluding hydrogens is 406 g/mol. The number of piperidine rings is 1. The van der Waals surface area contributed by atoms with Crippen molar-refractivity contribution < 1.29 is 19.2 Å². The van der Waals surface area contributed by atoms with Gasteiger partial charge in [-0.25, -0.2) is 0 Å². The van der Waals surface area contributed by atoms with Crippen LogP contribution in [0.5, 0.6) is 0 Å². The Kier molecular flexibility index (Phi) is 5.82. The molecule has 7 nitrogen and oxygen atoms in total. The van der Waals surface area contributed by atoms with E-state index < -0.39 is 5.54 Å². The topological polar surface area (TPSA) is 86.8 Å². The lowest BCUT2D eigenvalue weighted by molar-refractivity contribution is -0.131. The molecule has 166 valence electrons. The molecule has 2 aromatic carbocycles. The lowest BCUT2D eigenvalue weighted by Crippen LogP contribution is -2.57. The molecule has 3 amide bonds. The van der Waals surface area contributed by atoms with E-state index in [4.69, 9.17) is 0 Å². The fraction of sp³-hybridized carbons (Fsp3) is 0.360. The quantitative estimate of drug-likeness (QED) is 0.734. The van der Waals surface area contributed by atoms with Crippen molar-refractivity contribution in [1.82, 2.24) is 9.80 Å². The molecule has 2 aromatic rings. The number of likely N-dealkylation sites (tertiary alicyclic amines) is 1. The zero-order valence-corrected chi connectivity index (χ0v) is 18.4. The van der Waals surface area contributed by atoms with Crippen LogP contribution in [-0.2, 0) is 16.1 Å². The second kappa shape index (κ2) is 8.57. The molecule has 0 atom stereocenters. The van der Waals surface area contributed by atoms with Gasteiger partial charge in [-0.15, -0.1) is 0 Å². The van der Waals surface area contributed by atoms with Crippen LogP contribution in [0.2, 0.25) is 0 Å². The van der Waals surface area contributed by atoms with Gasteiger partial charge in [0.15, 0.2) is 5.78 Å². The summed E-state index contributed by atoms with van der Waals surface area (Å²) in [5.41, 5.74) is 2.04. The Morgan fingerprint density at radius 2 is 1.72 bits per heavy atom. The van der Waals surface area contributed by atoms with Gasteiger partial charge in [-0.3, -0.25) is 19.2 Å². The van der Waals surface area contributed by atoms with E-state index >= 15 is 0 Å². The van der Waals surface area contributed by atoms with E-state index in [2.05, 4.69) is 5.32 Å². The van der Waals surface area contributed by atoms with Crippen molar-refractivity contribution in [3.63, 3.8) is 0 Å². The molecule has 1 fully saturated rings. The number of nitrogens with one attached hydrogen (secondary N) is 1. The van der Waals surface area contributed by atoms with Crippen LogP contribution in [0.4, 0.5) is 5.69 Å². The first kappa shape index (κ1) is 21.7. The van der Waals surface area contributed by atoms with E-state index in [-0.39, 0.29) is 29.9 Å². The maximum absolute atomic E-state index is 13.3. The number of nitrogens with zero attached hydrogens (tertiary/aromatic N) is 2. The molecule has 0 unspecified atom stereocenters. The Bertz CT molecular complexity index is 1090. The van der Waals surface area contributed by atoms with Gasteiger partial charge in [0, 0.05) is 43.4 Å². The van der Waals surface area contributed by atoms with Gasteiger partial charge in [-0.05, 0) is 43.5 Å². The van der Waals surface area contributed by atoms with Crippen LogP contribution >= 0.6 is 0 Å². The smallest absolute Gasteiger partial charge is 0.254 e. The van der Waals surface area contributed by atoms with Gasteiger partial charge in [0.05, 0.1) is 12.0 Å². The predicted octanol–water partition coefficient (Wildman–Crippen LogP) is 3.25. The third-order valence-electron chi connectivity index (χ3n) is 6.58. The van der Waals surface area contributed by atoms with E-state index in [0.717, 1.165) is 5.56 Å². The second-order valence-corrected chi connectivity index (χ2v) is 8.64. The monoisotopic (exact) mass is 433 g/mol. The number of fused-ring (bicyclic) bond motifs is 1. The van der Waals surface area contributed by atoms with E-state index in [0.29, 0.717) is 49.3 Å². The Morgan fingerprint density at radius 3 is 2.38 bits per heavy atom. The summed E-state index contributed by atoms with van der Waals surface area (Å²) in [5, 5.41) is 2.89. The van der Waals surface area contributed by atoms with Gasteiger partial charge in [0.1, 0.15) is 0 Å². The normalized spacial score (nSPS) is 17.1. The van der Waals surface area contributed by atoms with Crippen molar-refractivity contribution in [3.8, 4) is 0 Å². The van der Waals surface area contributed by atoms with Crippen LogP contribution in [0.25, 0.3) is 0 Å². The molecule has 2 aliphatic rings. The van der Waals surface area contributed by atoms with Crippen molar-refractivity contribution in [2.75, 3.05) is 18.4 Å². The molecule has 4 rings (SSSR count). The average molecular weight is 434 g/mol. The summed E-state index contributed by atoms with van der Waals surface area (Å²) in [7, 11) is 0. The molecule has 0 spiro atoms. The third kappa shape index (κ3) is 4.15. The molecule has 1 saturated heterocycles. The Balaban J connectivity index is 1.57. The van der Waals surface area contributed by atoms with Gasteiger partial charge < -0.3 is 15.1 Å². The van der Waals surface area contributed by atoms with E-state index in [1.807, 2.05) is 29.2 Å². The number of Topliss-reactive ketones (excluding diaryl/α,β-unsaturated/α-hetero) is 1. The van der Waals surface area contributed by atoms with Crippen LogP contribution in [0.1, 0.15) is 59.4 Å². The molecule has 2 heterocycles. The lowest BCUT2D eigenvalue weighted by Gasteiger charge is -2.47. The van der Waals surface area contributed by atoms with Crippen molar-refractivity contribution in [1.29, 1.82) is 0 Å². The number of benzene rings is 2. The molecule has 2 aliphatic heterocycles. The maximum Gasteiger partial charge on any atom is 0.254 e. The highest BCUT2D eigenvalue weighted by atomic mass is 16.2. The minimum absolute atomic E-state index is 0.000124. The number of carbonyl (C=O) groups excluding carboxylic acids is 4. The van der Waals surface area contributed by atoms with Crippen molar-refractivity contribution in [2.45, 2.75) is 45.2 Å². The average Bonchev–Trinajstić information content (AvgIpc) is 3.11. The number of hydrogen-bond donors (Lipinski definition) is 1. The highest BCUT2D eigenvalue weighted by molar-refractivity contribution is 6.00. The maximum atomic E-state index is 13.3.